The minimum atomic E-state index is -0.615. The lowest BCUT2D eigenvalue weighted by atomic mass is 10.2. The van der Waals surface area contributed by atoms with Crippen molar-refractivity contribution < 1.29 is 23.8 Å². The van der Waals surface area contributed by atoms with E-state index in [2.05, 4.69) is 4.74 Å². The molecule has 1 rings (SSSR count). The van der Waals surface area contributed by atoms with Crippen molar-refractivity contribution in [1.29, 1.82) is 0 Å². The average Bonchev–Trinajstić information content (AvgIpc) is 2.27. The third-order valence-electron chi connectivity index (χ3n) is 1.86. The molecule has 0 aromatic heterocycles. The van der Waals surface area contributed by atoms with Gasteiger partial charge in [0.05, 0.1) is 13.2 Å². The van der Waals surface area contributed by atoms with Crippen LogP contribution >= 0.6 is 0 Å². The van der Waals surface area contributed by atoms with Crippen LogP contribution in [-0.4, -0.2) is 24.3 Å². The fourth-order valence-corrected chi connectivity index (χ4v) is 1.17. The molecule has 0 amide bonds. The van der Waals surface area contributed by atoms with Crippen LogP contribution in [0.3, 0.4) is 0 Å². The second kappa shape index (κ2) is 6.07. The van der Waals surface area contributed by atoms with Gasteiger partial charge in [0.1, 0.15) is 0 Å². The van der Waals surface area contributed by atoms with E-state index in [1.165, 1.54) is 18.2 Å². The molecule has 1 aromatic rings. The van der Waals surface area contributed by atoms with E-state index in [4.69, 9.17) is 9.84 Å². The lowest BCUT2D eigenvalue weighted by molar-refractivity contribution is -0.145. The van der Waals surface area contributed by atoms with Crippen LogP contribution in [0.4, 0.5) is 4.39 Å². The van der Waals surface area contributed by atoms with Gasteiger partial charge in [-0.1, -0.05) is 12.1 Å². The Balaban J connectivity index is 2.69. The monoisotopic (exact) mass is 228 g/mol. The van der Waals surface area contributed by atoms with Gasteiger partial charge < -0.3 is 14.6 Å². The first kappa shape index (κ1) is 12.4. The van der Waals surface area contributed by atoms with Crippen LogP contribution < -0.4 is 4.74 Å². The Hall–Kier alpha value is -1.62. The van der Waals surface area contributed by atoms with Crippen LogP contribution in [0.25, 0.3) is 0 Å². The number of hydrogen-bond donors (Lipinski definition) is 1. The Bertz CT molecular complexity index is 365. The summed E-state index contributed by atoms with van der Waals surface area (Å²) in [6.45, 7) is 1.18. The molecule has 88 valence electrons. The number of ether oxygens (including phenoxy) is 2. The topological polar surface area (TPSA) is 55.8 Å². The molecule has 0 bridgehead atoms. The molecule has 0 saturated carbocycles. The normalized spacial score (nSPS) is 9.94. The number of benzene rings is 1. The molecular weight excluding hydrogens is 215 g/mol. The summed E-state index contributed by atoms with van der Waals surface area (Å²) in [5.41, 5.74) is 0.296. The fourth-order valence-electron chi connectivity index (χ4n) is 1.17. The maximum absolute atomic E-state index is 13.3. The summed E-state index contributed by atoms with van der Waals surface area (Å²) < 4.78 is 22.9. The second-order valence-corrected chi connectivity index (χ2v) is 2.98. The van der Waals surface area contributed by atoms with E-state index in [1.54, 1.807) is 6.92 Å². The summed E-state index contributed by atoms with van der Waals surface area (Å²) in [4.78, 5) is 11.0. The van der Waals surface area contributed by atoms with Gasteiger partial charge in [0, 0.05) is 5.56 Å². The van der Waals surface area contributed by atoms with Crippen molar-refractivity contribution in [2.24, 2.45) is 0 Å². The zero-order chi connectivity index (χ0) is 12.0. The maximum atomic E-state index is 13.3. The third-order valence-corrected chi connectivity index (χ3v) is 1.86. The van der Waals surface area contributed by atoms with Gasteiger partial charge >= 0.3 is 5.97 Å². The van der Waals surface area contributed by atoms with Gasteiger partial charge in [-0.25, -0.2) is 9.18 Å². The van der Waals surface area contributed by atoms with Gasteiger partial charge in [0.15, 0.2) is 18.2 Å². The smallest absolute Gasteiger partial charge is 0.344 e. The summed E-state index contributed by atoms with van der Waals surface area (Å²) in [5.74, 6) is -1.30. The summed E-state index contributed by atoms with van der Waals surface area (Å²) >= 11 is 0. The van der Waals surface area contributed by atoms with Crippen LogP contribution in [0.1, 0.15) is 12.5 Å². The number of carbonyl (C=O) groups is 1. The zero-order valence-electron chi connectivity index (χ0n) is 8.90. The summed E-state index contributed by atoms with van der Waals surface area (Å²) in [5, 5.41) is 8.95. The van der Waals surface area contributed by atoms with Gasteiger partial charge in [-0.15, -0.1) is 0 Å². The Morgan fingerprint density at radius 1 is 1.50 bits per heavy atom. The highest BCUT2D eigenvalue weighted by Gasteiger charge is 2.11. The standard InChI is InChI=1S/C11H13FO4/c1-2-15-10(14)7-16-11-8(6-13)4-3-5-9(11)12/h3-5,13H,2,6-7H2,1H3. The van der Waals surface area contributed by atoms with Crippen molar-refractivity contribution in [3.63, 3.8) is 0 Å². The highest BCUT2D eigenvalue weighted by molar-refractivity contribution is 5.71. The van der Waals surface area contributed by atoms with E-state index in [9.17, 15) is 9.18 Å². The molecule has 0 unspecified atom stereocenters. The first-order chi connectivity index (χ1) is 7.69. The molecule has 1 aromatic carbocycles. The molecule has 16 heavy (non-hydrogen) atoms. The minimum absolute atomic E-state index is 0.113. The van der Waals surface area contributed by atoms with Crippen LogP contribution in [0.5, 0.6) is 5.75 Å². The first-order valence-corrected chi connectivity index (χ1v) is 4.85. The lowest BCUT2D eigenvalue weighted by Gasteiger charge is -2.10. The SMILES string of the molecule is CCOC(=O)COc1c(F)cccc1CO. The van der Waals surface area contributed by atoms with Crippen molar-refractivity contribution >= 4 is 5.97 Å². The molecule has 5 heteroatoms. The van der Waals surface area contributed by atoms with Crippen LogP contribution in [-0.2, 0) is 16.1 Å². The quantitative estimate of drug-likeness (QED) is 0.771. The fraction of sp³-hybridized carbons (Fsp3) is 0.364. The van der Waals surface area contributed by atoms with E-state index < -0.39 is 11.8 Å². The Morgan fingerprint density at radius 3 is 2.88 bits per heavy atom. The number of para-hydroxylation sites is 1. The average molecular weight is 228 g/mol. The van der Waals surface area contributed by atoms with Gasteiger partial charge in [0.25, 0.3) is 0 Å². The van der Waals surface area contributed by atoms with Crippen molar-refractivity contribution in [3.8, 4) is 5.75 Å². The summed E-state index contributed by atoms with van der Waals surface area (Å²) in [7, 11) is 0. The number of hydrogen-bond acceptors (Lipinski definition) is 4. The number of esters is 1. The predicted octanol–water partition coefficient (Wildman–Crippen LogP) is 1.26. The number of aliphatic hydroxyl groups excluding tert-OH is 1. The number of aliphatic hydroxyl groups is 1. The van der Waals surface area contributed by atoms with Crippen LogP contribution in [0.2, 0.25) is 0 Å². The molecule has 0 atom stereocenters. The molecule has 0 heterocycles. The Morgan fingerprint density at radius 2 is 2.25 bits per heavy atom. The minimum Gasteiger partial charge on any atom is -0.478 e. The highest BCUT2D eigenvalue weighted by Crippen LogP contribution is 2.22. The zero-order valence-corrected chi connectivity index (χ0v) is 8.90. The molecule has 0 saturated heterocycles. The molecule has 0 radical (unpaired) electrons. The van der Waals surface area contributed by atoms with E-state index >= 15 is 0 Å². The number of carbonyl (C=O) groups excluding carboxylic acids is 1. The first-order valence-electron chi connectivity index (χ1n) is 4.85. The molecule has 0 aliphatic rings. The molecular formula is C11H13FO4. The second-order valence-electron chi connectivity index (χ2n) is 2.98. The van der Waals surface area contributed by atoms with E-state index in [1.807, 2.05) is 0 Å². The molecule has 0 aliphatic heterocycles. The molecule has 0 fully saturated rings. The largest absolute Gasteiger partial charge is 0.478 e. The highest BCUT2D eigenvalue weighted by atomic mass is 19.1. The van der Waals surface area contributed by atoms with E-state index in [0.29, 0.717) is 5.56 Å². The van der Waals surface area contributed by atoms with Gasteiger partial charge in [-0.05, 0) is 13.0 Å². The van der Waals surface area contributed by atoms with Crippen LogP contribution in [0, 0.1) is 5.82 Å². The molecule has 0 spiro atoms. The lowest BCUT2D eigenvalue weighted by Crippen LogP contribution is -2.15. The molecule has 1 N–H and O–H groups in total. The van der Waals surface area contributed by atoms with Crippen LogP contribution in [0.15, 0.2) is 18.2 Å². The summed E-state index contributed by atoms with van der Waals surface area (Å²) in [6, 6.07) is 4.17. The van der Waals surface area contributed by atoms with Crippen molar-refractivity contribution in [1.82, 2.24) is 0 Å². The third kappa shape index (κ3) is 3.20. The molecule has 0 aliphatic carbocycles. The number of halogens is 1. The number of rotatable bonds is 5. The van der Waals surface area contributed by atoms with Gasteiger partial charge in [-0.3, -0.25) is 0 Å². The predicted molar refractivity (Wildman–Crippen MR) is 54.5 cm³/mol. The van der Waals surface area contributed by atoms with Gasteiger partial charge in [0.2, 0.25) is 0 Å². The van der Waals surface area contributed by atoms with Crippen molar-refractivity contribution in [2.75, 3.05) is 13.2 Å². The maximum Gasteiger partial charge on any atom is 0.344 e. The Kier molecular flexibility index (Phi) is 4.72. The van der Waals surface area contributed by atoms with Crippen molar-refractivity contribution in [3.05, 3.63) is 29.6 Å². The van der Waals surface area contributed by atoms with E-state index in [-0.39, 0.29) is 25.6 Å². The molecule has 4 nitrogen and oxygen atoms in total. The Labute approximate surface area is 92.6 Å². The van der Waals surface area contributed by atoms with E-state index in [0.717, 1.165) is 0 Å². The van der Waals surface area contributed by atoms with Gasteiger partial charge in [-0.2, -0.15) is 0 Å². The van der Waals surface area contributed by atoms with Crippen molar-refractivity contribution in [2.45, 2.75) is 13.5 Å². The summed E-state index contributed by atoms with van der Waals surface area (Å²) in [6.07, 6.45) is 0.